The van der Waals surface area contributed by atoms with Crippen LogP contribution >= 0.6 is 0 Å². The molecule has 6 heteroatoms. The number of benzene rings is 1. The van der Waals surface area contributed by atoms with E-state index in [4.69, 9.17) is 5.73 Å². The van der Waals surface area contributed by atoms with Crippen LogP contribution < -0.4 is 11.1 Å². The van der Waals surface area contributed by atoms with Gasteiger partial charge >= 0.3 is 0 Å². The summed E-state index contributed by atoms with van der Waals surface area (Å²) in [4.78, 5) is 11.9. The van der Waals surface area contributed by atoms with Crippen LogP contribution in [-0.4, -0.2) is 15.7 Å². The number of amides is 1. The summed E-state index contributed by atoms with van der Waals surface area (Å²) in [6.45, 7) is 1.60. The van der Waals surface area contributed by atoms with Crippen LogP contribution in [0.4, 0.5) is 15.9 Å². The first-order valence-corrected chi connectivity index (χ1v) is 5.34. The molecule has 1 heterocycles. The Kier molecular flexibility index (Phi) is 3.01. The second kappa shape index (κ2) is 4.48. The minimum absolute atomic E-state index is 0.0180. The molecule has 0 spiro atoms. The Labute approximate surface area is 103 Å². The summed E-state index contributed by atoms with van der Waals surface area (Å²) in [7, 11) is 1.64. The van der Waals surface area contributed by atoms with E-state index in [1.54, 1.807) is 26.1 Å². The molecule has 0 saturated carbocycles. The number of nitrogens with two attached hydrogens (primary N) is 1. The summed E-state index contributed by atoms with van der Waals surface area (Å²) in [5.74, 6) is -0.733. The van der Waals surface area contributed by atoms with Crippen molar-refractivity contribution < 1.29 is 9.18 Å². The largest absolute Gasteiger partial charge is 0.394 e. The average Bonchev–Trinajstić information content (AvgIpc) is 2.64. The van der Waals surface area contributed by atoms with Crippen molar-refractivity contribution in [3.05, 3.63) is 41.3 Å². The summed E-state index contributed by atoms with van der Waals surface area (Å²) in [6, 6.07) is 4.65. The highest BCUT2D eigenvalue weighted by atomic mass is 19.1. The summed E-state index contributed by atoms with van der Waals surface area (Å²) in [5.41, 5.74) is 6.38. The third-order valence-corrected chi connectivity index (χ3v) is 2.64. The lowest BCUT2D eigenvalue weighted by atomic mass is 10.1. The van der Waals surface area contributed by atoms with Crippen molar-refractivity contribution in [2.24, 2.45) is 7.05 Å². The van der Waals surface area contributed by atoms with Crippen LogP contribution in [0, 0.1) is 12.7 Å². The molecule has 0 radical (unpaired) electrons. The molecular formula is C12H13FN4O. The molecule has 18 heavy (non-hydrogen) atoms. The number of carbonyl (C=O) groups excluding carboxylic acids is 1. The zero-order valence-electron chi connectivity index (χ0n) is 10.1. The van der Waals surface area contributed by atoms with Crippen molar-refractivity contribution in [3.63, 3.8) is 0 Å². The Morgan fingerprint density at radius 3 is 2.83 bits per heavy atom. The Balaban J connectivity index is 2.31. The molecule has 0 aliphatic rings. The van der Waals surface area contributed by atoms with E-state index in [-0.39, 0.29) is 5.56 Å². The molecule has 0 unspecified atom stereocenters. The fourth-order valence-electron chi connectivity index (χ4n) is 1.61. The van der Waals surface area contributed by atoms with Gasteiger partial charge in [-0.15, -0.1) is 0 Å². The molecule has 2 aromatic rings. The summed E-state index contributed by atoms with van der Waals surface area (Å²) in [6.07, 6.45) is 1.42. The molecule has 0 bridgehead atoms. The second-order valence-electron chi connectivity index (χ2n) is 3.96. The van der Waals surface area contributed by atoms with Gasteiger partial charge in [0.15, 0.2) is 5.82 Å². The third kappa shape index (κ3) is 2.04. The minimum atomic E-state index is -0.550. The maximum atomic E-state index is 13.8. The van der Waals surface area contributed by atoms with Gasteiger partial charge < -0.3 is 11.1 Å². The van der Waals surface area contributed by atoms with E-state index in [9.17, 15) is 9.18 Å². The Hall–Kier alpha value is -2.37. The molecular weight excluding hydrogens is 235 g/mol. The van der Waals surface area contributed by atoms with Gasteiger partial charge in [-0.3, -0.25) is 9.48 Å². The Bertz CT molecular complexity index is 587. The molecule has 1 aromatic heterocycles. The predicted molar refractivity (Wildman–Crippen MR) is 66.7 cm³/mol. The van der Waals surface area contributed by atoms with Crippen LogP contribution in [0.5, 0.6) is 0 Å². The van der Waals surface area contributed by atoms with Gasteiger partial charge in [0.1, 0.15) is 5.82 Å². The monoisotopic (exact) mass is 248 g/mol. The molecule has 3 N–H and O–H groups in total. The first-order chi connectivity index (χ1) is 8.50. The van der Waals surface area contributed by atoms with Gasteiger partial charge in [0, 0.05) is 7.05 Å². The van der Waals surface area contributed by atoms with Crippen LogP contribution in [-0.2, 0) is 7.05 Å². The average molecular weight is 248 g/mol. The van der Waals surface area contributed by atoms with E-state index in [1.807, 2.05) is 0 Å². The summed E-state index contributed by atoms with van der Waals surface area (Å²) in [5, 5.41) is 6.43. The third-order valence-electron chi connectivity index (χ3n) is 2.64. The number of nitrogen functional groups attached to an aromatic ring is 1. The van der Waals surface area contributed by atoms with E-state index in [1.165, 1.54) is 16.9 Å². The molecule has 0 atom stereocenters. The highest BCUT2D eigenvalue weighted by Gasteiger charge is 2.16. The van der Waals surface area contributed by atoms with Gasteiger partial charge in [0.05, 0.1) is 17.4 Å². The van der Waals surface area contributed by atoms with Gasteiger partial charge in [-0.25, -0.2) is 4.39 Å². The number of aryl methyl sites for hydroxylation is 2. The van der Waals surface area contributed by atoms with Crippen molar-refractivity contribution in [2.75, 3.05) is 11.1 Å². The standard InChI is InChI=1S/C12H13FN4O/c1-7-4-3-5-8(10(7)13)12(18)16-11-9(14)6-15-17(11)2/h3-6H,14H2,1-2H3,(H,16,18). The number of halogens is 1. The molecule has 5 nitrogen and oxygen atoms in total. The maximum Gasteiger partial charge on any atom is 0.259 e. The number of carbonyl (C=O) groups is 1. The zero-order chi connectivity index (χ0) is 13.3. The van der Waals surface area contributed by atoms with E-state index in [2.05, 4.69) is 10.4 Å². The van der Waals surface area contributed by atoms with E-state index < -0.39 is 11.7 Å². The topological polar surface area (TPSA) is 72.9 Å². The number of hydrogen-bond acceptors (Lipinski definition) is 3. The van der Waals surface area contributed by atoms with E-state index in [0.29, 0.717) is 17.1 Å². The molecule has 0 saturated heterocycles. The minimum Gasteiger partial charge on any atom is -0.394 e. The molecule has 1 aromatic carbocycles. The van der Waals surface area contributed by atoms with Crippen molar-refractivity contribution >= 4 is 17.4 Å². The number of nitrogens with one attached hydrogen (secondary N) is 1. The quantitative estimate of drug-likeness (QED) is 0.849. The lowest BCUT2D eigenvalue weighted by Gasteiger charge is -2.08. The SMILES string of the molecule is Cc1cccc(C(=O)Nc2c(N)cnn2C)c1F. The number of rotatable bonds is 2. The highest BCUT2D eigenvalue weighted by Crippen LogP contribution is 2.18. The fraction of sp³-hybridized carbons (Fsp3) is 0.167. The van der Waals surface area contributed by atoms with Crippen LogP contribution in [0.15, 0.2) is 24.4 Å². The van der Waals surface area contributed by atoms with E-state index >= 15 is 0 Å². The normalized spacial score (nSPS) is 10.4. The molecule has 0 aliphatic heterocycles. The van der Waals surface area contributed by atoms with Crippen molar-refractivity contribution in [1.29, 1.82) is 0 Å². The maximum absolute atomic E-state index is 13.8. The van der Waals surface area contributed by atoms with Crippen molar-refractivity contribution in [1.82, 2.24) is 9.78 Å². The lowest BCUT2D eigenvalue weighted by molar-refractivity contribution is 0.102. The number of aromatic nitrogens is 2. The molecule has 0 aliphatic carbocycles. The van der Waals surface area contributed by atoms with Crippen molar-refractivity contribution in [3.8, 4) is 0 Å². The summed E-state index contributed by atoms with van der Waals surface area (Å²) < 4.78 is 15.2. The Morgan fingerprint density at radius 1 is 1.50 bits per heavy atom. The zero-order valence-corrected chi connectivity index (χ0v) is 10.1. The number of nitrogens with zero attached hydrogens (tertiary/aromatic N) is 2. The smallest absolute Gasteiger partial charge is 0.259 e. The van der Waals surface area contributed by atoms with Crippen molar-refractivity contribution in [2.45, 2.75) is 6.92 Å². The molecule has 94 valence electrons. The highest BCUT2D eigenvalue weighted by molar-refractivity contribution is 6.05. The molecule has 2 rings (SSSR count). The second-order valence-corrected chi connectivity index (χ2v) is 3.96. The Morgan fingerprint density at radius 2 is 2.22 bits per heavy atom. The van der Waals surface area contributed by atoms with Crippen LogP contribution in [0.2, 0.25) is 0 Å². The van der Waals surface area contributed by atoms with Gasteiger partial charge in [-0.05, 0) is 18.6 Å². The fourth-order valence-corrected chi connectivity index (χ4v) is 1.61. The van der Waals surface area contributed by atoms with Gasteiger partial charge in [0.25, 0.3) is 5.91 Å². The van der Waals surface area contributed by atoms with Crippen LogP contribution in [0.25, 0.3) is 0 Å². The van der Waals surface area contributed by atoms with Gasteiger partial charge in [-0.2, -0.15) is 5.10 Å². The first-order valence-electron chi connectivity index (χ1n) is 5.34. The predicted octanol–water partition coefficient (Wildman–Crippen LogP) is 1.70. The first kappa shape index (κ1) is 12.1. The van der Waals surface area contributed by atoms with Crippen LogP contribution in [0.3, 0.4) is 0 Å². The molecule has 1 amide bonds. The van der Waals surface area contributed by atoms with Gasteiger partial charge in [0.2, 0.25) is 0 Å². The summed E-state index contributed by atoms with van der Waals surface area (Å²) >= 11 is 0. The molecule has 0 fully saturated rings. The number of hydrogen-bond donors (Lipinski definition) is 2. The number of anilines is 2. The van der Waals surface area contributed by atoms with E-state index in [0.717, 1.165) is 0 Å². The van der Waals surface area contributed by atoms with Gasteiger partial charge in [-0.1, -0.05) is 12.1 Å². The van der Waals surface area contributed by atoms with Crippen LogP contribution in [0.1, 0.15) is 15.9 Å². The lowest BCUT2D eigenvalue weighted by Crippen LogP contribution is -2.17.